The van der Waals surface area contributed by atoms with Crippen LogP contribution in [0.25, 0.3) is 0 Å². The molecule has 0 spiro atoms. The number of benzene rings is 1. The first-order valence-electron chi connectivity index (χ1n) is 9.61. The molecule has 0 aromatic heterocycles. The second kappa shape index (κ2) is 7.06. The second-order valence-electron chi connectivity index (χ2n) is 7.95. The Morgan fingerprint density at radius 1 is 1.16 bits per heavy atom. The number of hydrogen-bond acceptors (Lipinski definition) is 4. The number of piperidine rings is 1. The van der Waals surface area contributed by atoms with Crippen LogP contribution in [0.5, 0.6) is 0 Å². The van der Waals surface area contributed by atoms with Crippen molar-refractivity contribution < 1.29 is 9.53 Å². The number of nitrogens with two attached hydrogens (primary N) is 1. The van der Waals surface area contributed by atoms with E-state index in [2.05, 4.69) is 40.5 Å². The Labute approximate surface area is 149 Å². The van der Waals surface area contributed by atoms with Gasteiger partial charge in [-0.25, -0.2) is 0 Å². The average molecular weight is 343 g/mol. The number of ether oxygens (including phenoxy) is 1. The first-order chi connectivity index (χ1) is 12.1. The Bertz CT molecular complexity index is 586. The van der Waals surface area contributed by atoms with Gasteiger partial charge in [-0.15, -0.1) is 0 Å². The molecule has 1 amide bonds. The fraction of sp³-hybridized carbons (Fsp3) is 0.650. The third-order valence-electron chi connectivity index (χ3n) is 6.26. The van der Waals surface area contributed by atoms with E-state index in [0.29, 0.717) is 38.1 Å². The minimum absolute atomic E-state index is 0.0247. The summed E-state index contributed by atoms with van der Waals surface area (Å²) in [7, 11) is 0. The predicted molar refractivity (Wildman–Crippen MR) is 96.9 cm³/mol. The monoisotopic (exact) mass is 343 g/mol. The summed E-state index contributed by atoms with van der Waals surface area (Å²) in [6.45, 7) is 2.20. The largest absolute Gasteiger partial charge is 0.381 e. The van der Waals surface area contributed by atoms with Crippen LogP contribution in [-0.4, -0.2) is 47.7 Å². The molecule has 3 heterocycles. The van der Waals surface area contributed by atoms with Crippen LogP contribution in [0.4, 0.5) is 0 Å². The minimum atomic E-state index is -0.738. The number of carbonyl (C=O) groups excluding carboxylic acids is 1. The van der Waals surface area contributed by atoms with Gasteiger partial charge in [0, 0.05) is 37.9 Å². The number of carbonyl (C=O) groups is 1. The van der Waals surface area contributed by atoms with E-state index in [-0.39, 0.29) is 11.9 Å². The van der Waals surface area contributed by atoms with E-state index < -0.39 is 5.54 Å². The zero-order valence-electron chi connectivity index (χ0n) is 14.8. The molecular formula is C20H29N3O2. The molecule has 0 aliphatic carbocycles. The number of amides is 1. The smallest absolute Gasteiger partial charge is 0.240 e. The predicted octanol–water partition coefficient (Wildman–Crippen LogP) is 1.81. The maximum Gasteiger partial charge on any atom is 0.240 e. The molecule has 3 N–H and O–H groups in total. The molecule has 136 valence electrons. The summed E-state index contributed by atoms with van der Waals surface area (Å²) in [5, 5.41) is 3.27. The van der Waals surface area contributed by atoms with Crippen LogP contribution >= 0.6 is 0 Å². The van der Waals surface area contributed by atoms with Crippen molar-refractivity contribution in [1.82, 2.24) is 10.2 Å². The highest BCUT2D eigenvalue weighted by Gasteiger charge is 2.43. The second-order valence-corrected chi connectivity index (χ2v) is 7.95. The maximum atomic E-state index is 12.7. The summed E-state index contributed by atoms with van der Waals surface area (Å²) < 4.78 is 5.35. The van der Waals surface area contributed by atoms with Crippen molar-refractivity contribution >= 4 is 5.91 Å². The number of nitrogens with one attached hydrogen (secondary N) is 1. The summed E-state index contributed by atoms with van der Waals surface area (Å²) in [6.07, 6.45) is 5.82. The van der Waals surface area contributed by atoms with Crippen molar-refractivity contribution in [1.29, 1.82) is 0 Å². The van der Waals surface area contributed by atoms with E-state index in [0.717, 1.165) is 19.4 Å². The molecule has 0 saturated carbocycles. The van der Waals surface area contributed by atoms with Crippen molar-refractivity contribution in [2.45, 2.75) is 68.7 Å². The van der Waals surface area contributed by atoms with E-state index in [1.54, 1.807) is 0 Å². The van der Waals surface area contributed by atoms with Crippen LogP contribution in [0, 0.1) is 0 Å². The third kappa shape index (κ3) is 3.59. The lowest BCUT2D eigenvalue weighted by molar-refractivity contribution is -0.131. The van der Waals surface area contributed by atoms with E-state index in [9.17, 15) is 4.79 Å². The molecule has 0 radical (unpaired) electrons. The quantitative estimate of drug-likeness (QED) is 0.875. The molecule has 1 aromatic rings. The zero-order chi connectivity index (χ0) is 17.3. The SMILES string of the molecule is NC1(C(=O)NC2CC3CCC(C2)N3Cc2ccccc2)CCOCC1. The van der Waals surface area contributed by atoms with E-state index in [1.807, 2.05) is 0 Å². The average Bonchev–Trinajstić information content (AvgIpc) is 2.86. The molecule has 1 aromatic carbocycles. The van der Waals surface area contributed by atoms with E-state index in [4.69, 9.17) is 10.5 Å². The number of rotatable bonds is 4. The van der Waals surface area contributed by atoms with Gasteiger partial charge in [-0.05, 0) is 44.1 Å². The summed E-state index contributed by atoms with van der Waals surface area (Å²) >= 11 is 0. The lowest BCUT2D eigenvalue weighted by Gasteiger charge is -2.41. The van der Waals surface area contributed by atoms with Gasteiger partial charge in [0.1, 0.15) is 0 Å². The van der Waals surface area contributed by atoms with Crippen LogP contribution in [-0.2, 0) is 16.1 Å². The van der Waals surface area contributed by atoms with Crippen LogP contribution in [0.3, 0.4) is 0 Å². The maximum absolute atomic E-state index is 12.7. The normalized spacial score (nSPS) is 31.6. The van der Waals surface area contributed by atoms with Gasteiger partial charge in [-0.2, -0.15) is 0 Å². The van der Waals surface area contributed by atoms with Crippen molar-refractivity contribution in [3.8, 4) is 0 Å². The van der Waals surface area contributed by atoms with Crippen molar-refractivity contribution in [2.75, 3.05) is 13.2 Å². The van der Waals surface area contributed by atoms with Gasteiger partial charge in [-0.3, -0.25) is 9.69 Å². The van der Waals surface area contributed by atoms with Gasteiger partial charge >= 0.3 is 0 Å². The molecule has 3 aliphatic heterocycles. The minimum Gasteiger partial charge on any atom is -0.381 e. The Morgan fingerprint density at radius 3 is 2.44 bits per heavy atom. The molecular weight excluding hydrogens is 314 g/mol. The van der Waals surface area contributed by atoms with Crippen LogP contribution < -0.4 is 11.1 Å². The first kappa shape index (κ1) is 17.0. The first-order valence-corrected chi connectivity index (χ1v) is 9.61. The number of nitrogens with zero attached hydrogens (tertiary/aromatic N) is 1. The summed E-state index contributed by atoms with van der Waals surface area (Å²) in [4.78, 5) is 15.3. The number of hydrogen-bond donors (Lipinski definition) is 2. The van der Waals surface area contributed by atoms with Crippen LogP contribution in [0.1, 0.15) is 44.1 Å². The molecule has 2 bridgehead atoms. The van der Waals surface area contributed by atoms with E-state index in [1.165, 1.54) is 18.4 Å². The van der Waals surface area contributed by atoms with Gasteiger partial charge in [-0.1, -0.05) is 30.3 Å². The van der Waals surface area contributed by atoms with E-state index >= 15 is 0 Å². The fourth-order valence-electron chi connectivity index (χ4n) is 4.74. The van der Waals surface area contributed by atoms with Crippen LogP contribution in [0.2, 0.25) is 0 Å². The fourth-order valence-corrected chi connectivity index (χ4v) is 4.74. The van der Waals surface area contributed by atoms with Gasteiger partial charge in [0.25, 0.3) is 0 Å². The molecule has 3 saturated heterocycles. The molecule has 25 heavy (non-hydrogen) atoms. The van der Waals surface area contributed by atoms with Crippen molar-refractivity contribution in [3.05, 3.63) is 35.9 Å². The highest BCUT2D eigenvalue weighted by atomic mass is 16.5. The topological polar surface area (TPSA) is 67.6 Å². The van der Waals surface area contributed by atoms with Crippen LogP contribution in [0.15, 0.2) is 30.3 Å². The highest BCUT2D eigenvalue weighted by Crippen LogP contribution is 2.37. The standard InChI is InChI=1S/C20H29N3O2/c21-20(8-10-25-11-9-20)19(24)22-16-12-17-6-7-18(13-16)23(17)14-15-4-2-1-3-5-15/h1-5,16-18H,6-14,21H2,(H,22,24). The Kier molecular flexibility index (Phi) is 4.80. The molecule has 5 heteroatoms. The lowest BCUT2D eigenvalue weighted by Crippen LogP contribution is -2.60. The molecule has 2 unspecified atom stereocenters. The van der Waals surface area contributed by atoms with Crippen molar-refractivity contribution in [2.24, 2.45) is 5.73 Å². The Morgan fingerprint density at radius 2 is 1.80 bits per heavy atom. The van der Waals surface area contributed by atoms with Gasteiger partial charge in [0.05, 0.1) is 5.54 Å². The van der Waals surface area contributed by atoms with Gasteiger partial charge < -0.3 is 15.8 Å². The molecule has 4 rings (SSSR count). The highest BCUT2D eigenvalue weighted by molar-refractivity contribution is 5.86. The summed E-state index contributed by atoms with van der Waals surface area (Å²) in [5.74, 6) is 0.0247. The van der Waals surface area contributed by atoms with Crippen molar-refractivity contribution in [3.63, 3.8) is 0 Å². The third-order valence-corrected chi connectivity index (χ3v) is 6.26. The number of fused-ring (bicyclic) bond motifs is 2. The molecule has 2 atom stereocenters. The Hall–Kier alpha value is -1.43. The van der Waals surface area contributed by atoms with Gasteiger partial charge in [0.15, 0.2) is 0 Å². The molecule has 3 fully saturated rings. The Balaban J connectivity index is 1.36. The summed E-state index contributed by atoms with van der Waals surface area (Å²) in [6, 6.07) is 12.1. The molecule has 3 aliphatic rings. The summed E-state index contributed by atoms with van der Waals surface area (Å²) in [5.41, 5.74) is 6.97. The zero-order valence-corrected chi connectivity index (χ0v) is 14.8. The lowest BCUT2D eigenvalue weighted by atomic mass is 9.89. The van der Waals surface area contributed by atoms with Gasteiger partial charge in [0.2, 0.25) is 5.91 Å². The molecule has 5 nitrogen and oxygen atoms in total.